The maximum Gasteiger partial charge on any atom is 0 e. The maximum atomic E-state index is 2.34. The van der Waals surface area contributed by atoms with Crippen LogP contribution in [0.1, 0.15) is 17.5 Å². The number of benzene rings is 2. The van der Waals surface area contributed by atoms with Gasteiger partial charge in [0.25, 0.3) is 0 Å². The van der Waals surface area contributed by atoms with Gasteiger partial charge in [-0.2, -0.15) is 18.1 Å². The second-order valence-corrected chi connectivity index (χ2v) is 3.64. The molecule has 1 heteroatoms. The van der Waals surface area contributed by atoms with E-state index in [4.69, 9.17) is 0 Å². The van der Waals surface area contributed by atoms with E-state index in [1.807, 2.05) is 0 Å². The molecule has 14 heavy (non-hydrogen) atoms. The number of aryl methyl sites for hydroxylation is 1. The predicted molar refractivity (Wildman–Crippen MR) is 55.7 cm³/mol. The average Bonchev–Trinajstić information content (AvgIpc) is 2.61. The zero-order valence-electron chi connectivity index (χ0n) is 8.03. The van der Waals surface area contributed by atoms with Gasteiger partial charge in [-0.05, 0) is 5.39 Å². The molecule has 1 radical (unpaired) electrons. The van der Waals surface area contributed by atoms with Crippen LogP contribution in [0.4, 0.5) is 0 Å². The van der Waals surface area contributed by atoms with Gasteiger partial charge in [0.2, 0.25) is 0 Å². The Hall–Kier alpha value is -0.326. The predicted octanol–water partition coefficient (Wildman–Crippen LogP) is 3.34. The van der Waals surface area contributed by atoms with E-state index < -0.39 is 0 Å². The van der Waals surface area contributed by atoms with Crippen molar-refractivity contribution in [2.24, 2.45) is 0 Å². The molecule has 0 heterocycles. The first kappa shape index (κ1) is 10.2. The quantitative estimate of drug-likeness (QED) is 0.634. The molecule has 1 aliphatic carbocycles. The number of hydrogen-bond acceptors (Lipinski definition) is 0. The molecular formula is C13H11Y-. The molecule has 0 fully saturated rings. The minimum Gasteiger partial charge on any atom is -0.188 e. The van der Waals surface area contributed by atoms with E-state index >= 15 is 0 Å². The molecule has 0 saturated carbocycles. The molecule has 0 nitrogen and oxygen atoms in total. The van der Waals surface area contributed by atoms with Crippen LogP contribution in [0.15, 0.2) is 36.4 Å². The van der Waals surface area contributed by atoms with Gasteiger partial charge in [-0.1, -0.05) is 42.5 Å². The molecule has 0 saturated heterocycles. The van der Waals surface area contributed by atoms with Crippen molar-refractivity contribution in [1.29, 1.82) is 0 Å². The minimum absolute atomic E-state index is 0. The zero-order chi connectivity index (χ0) is 8.67. The van der Waals surface area contributed by atoms with Gasteiger partial charge in [0.15, 0.2) is 0 Å². The molecule has 0 amide bonds. The molecule has 0 unspecified atom stereocenters. The van der Waals surface area contributed by atoms with Crippen molar-refractivity contribution in [3.63, 3.8) is 0 Å². The Morgan fingerprint density at radius 3 is 2.50 bits per heavy atom. The first-order chi connectivity index (χ1) is 6.43. The minimum atomic E-state index is 0. The molecule has 2 aromatic carbocycles. The van der Waals surface area contributed by atoms with Gasteiger partial charge >= 0.3 is 0 Å². The summed E-state index contributed by atoms with van der Waals surface area (Å²) in [4.78, 5) is 0. The van der Waals surface area contributed by atoms with Gasteiger partial charge in [0.1, 0.15) is 0 Å². The summed E-state index contributed by atoms with van der Waals surface area (Å²) in [5.74, 6) is 0. The number of rotatable bonds is 0. The van der Waals surface area contributed by atoms with Crippen LogP contribution in [-0.4, -0.2) is 0 Å². The Bertz CT molecular complexity index is 417. The monoisotopic (exact) mass is 256 g/mol. The van der Waals surface area contributed by atoms with Crippen molar-refractivity contribution in [2.75, 3.05) is 0 Å². The third-order valence-corrected chi connectivity index (χ3v) is 2.79. The fourth-order valence-corrected chi connectivity index (χ4v) is 2.09. The molecule has 0 spiro atoms. The Morgan fingerprint density at radius 2 is 1.71 bits per heavy atom. The van der Waals surface area contributed by atoms with Crippen LogP contribution in [0.5, 0.6) is 0 Å². The first-order valence-corrected chi connectivity index (χ1v) is 4.78. The molecule has 1 aliphatic rings. The van der Waals surface area contributed by atoms with Crippen molar-refractivity contribution >= 4 is 10.8 Å². The van der Waals surface area contributed by atoms with Gasteiger partial charge in [-0.3, -0.25) is 0 Å². The Labute approximate surface area is 110 Å². The van der Waals surface area contributed by atoms with Crippen LogP contribution in [0.25, 0.3) is 10.8 Å². The van der Waals surface area contributed by atoms with Gasteiger partial charge in [-0.25, -0.2) is 0 Å². The van der Waals surface area contributed by atoms with E-state index in [1.165, 1.54) is 34.7 Å². The van der Waals surface area contributed by atoms with E-state index in [-0.39, 0.29) is 32.7 Å². The van der Waals surface area contributed by atoms with Gasteiger partial charge in [0, 0.05) is 32.7 Å². The molecule has 0 aromatic heterocycles. The van der Waals surface area contributed by atoms with E-state index in [2.05, 4.69) is 42.8 Å². The maximum absolute atomic E-state index is 2.34. The molecule has 0 N–H and O–H groups in total. The van der Waals surface area contributed by atoms with Crippen molar-refractivity contribution in [3.05, 3.63) is 53.9 Å². The van der Waals surface area contributed by atoms with Crippen molar-refractivity contribution in [1.82, 2.24) is 0 Å². The van der Waals surface area contributed by atoms with Crippen LogP contribution in [0.2, 0.25) is 0 Å². The summed E-state index contributed by atoms with van der Waals surface area (Å²) in [5, 5.41) is 2.73. The normalized spacial score (nSPS) is 13.1. The third kappa shape index (κ3) is 1.62. The summed E-state index contributed by atoms with van der Waals surface area (Å²) in [6.07, 6.45) is 4.77. The number of fused-ring (bicyclic) bond motifs is 2. The summed E-state index contributed by atoms with van der Waals surface area (Å²) in [5.41, 5.74) is 2.96. The van der Waals surface area contributed by atoms with Crippen LogP contribution < -0.4 is 0 Å². The Kier molecular flexibility index (Phi) is 2.94. The second kappa shape index (κ2) is 4.04. The van der Waals surface area contributed by atoms with Crippen molar-refractivity contribution in [3.8, 4) is 0 Å². The van der Waals surface area contributed by atoms with E-state index in [1.54, 1.807) is 0 Å². The summed E-state index contributed by atoms with van der Waals surface area (Å²) in [6, 6.07) is 13.2. The fraction of sp³-hybridized carbons (Fsp3) is 0.154. The van der Waals surface area contributed by atoms with Crippen molar-refractivity contribution in [2.45, 2.75) is 12.8 Å². The van der Waals surface area contributed by atoms with Crippen LogP contribution >= 0.6 is 0 Å². The largest absolute Gasteiger partial charge is 0.188 e. The van der Waals surface area contributed by atoms with Crippen LogP contribution in [0, 0.1) is 6.42 Å². The van der Waals surface area contributed by atoms with Crippen LogP contribution in [0.3, 0.4) is 0 Å². The topological polar surface area (TPSA) is 0 Å². The summed E-state index contributed by atoms with van der Waals surface area (Å²) >= 11 is 0. The fourth-order valence-electron chi connectivity index (χ4n) is 2.09. The van der Waals surface area contributed by atoms with Gasteiger partial charge in [-0.15, -0.1) is 11.6 Å². The molecule has 3 rings (SSSR count). The van der Waals surface area contributed by atoms with E-state index in [0.717, 1.165) is 0 Å². The molecule has 0 bridgehead atoms. The summed E-state index contributed by atoms with van der Waals surface area (Å²) < 4.78 is 0. The van der Waals surface area contributed by atoms with Gasteiger partial charge < -0.3 is 0 Å². The Morgan fingerprint density at radius 1 is 1.00 bits per heavy atom. The smallest absolute Gasteiger partial charge is 0 e. The average molecular weight is 256 g/mol. The standard InChI is InChI=1S/C13H11.Y/c1-2-5-11-9-13-7-3-6-12(13)8-10(11)4-1;/h1-2,4-6,8-9H,3,7H2;/q-1;. The molecule has 67 valence electrons. The van der Waals surface area contributed by atoms with E-state index in [0.29, 0.717) is 0 Å². The second-order valence-electron chi connectivity index (χ2n) is 3.64. The third-order valence-electron chi connectivity index (χ3n) is 2.79. The van der Waals surface area contributed by atoms with E-state index in [9.17, 15) is 0 Å². The Balaban J connectivity index is 0.000000750. The zero-order valence-corrected chi connectivity index (χ0v) is 10.9. The molecule has 0 atom stereocenters. The molecular weight excluding hydrogens is 245 g/mol. The SMILES string of the molecule is [Y].c1ccc2cc3c(cc2c1)[CH-]CC3. The molecule has 0 aliphatic heterocycles. The van der Waals surface area contributed by atoms with Crippen LogP contribution in [-0.2, 0) is 39.1 Å². The summed E-state index contributed by atoms with van der Waals surface area (Å²) in [7, 11) is 0. The number of hydrogen-bond donors (Lipinski definition) is 0. The first-order valence-electron chi connectivity index (χ1n) is 4.78. The van der Waals surface area contributed by atoms with Crippen molar-refractivity contribution < 1.29 is 32.7 Å². The summed E-state index contributed by atoms with van der Waals surface area (Å²) in [6.45, 7) is 0. The molecule has 2 aromatic rings. The van der Waals surface area contributed by atoms with Gasteiger partial charge in [0.05, 0.1) is 0 Å².